The summed E-state index contributed by atoms with van der Waals surface area (Å²) in [5.41, 5.74) is 2.50. The molecule has 1 amide bonds. The average molecular weight is 329 g/mol. The van der Waals surface area contributed by atoms with Crippen molar-refractivity contribution in [3.05, 3.63) is 65.2 Å². The minimum atomic E-state index is -1.01. The van der Waals surface area contributed by atoms with Gasteiger partial charge >= 0.3 is 5.97 Å². The van der Waals surface area contributed by atoms with Gasteiger partial charge in [0.1, 0.15) is 0 Å². The second-order valence-corrected chi connectivity index (χ2v) is 5.82. The maximum Gasteiger partial charge on any atom is 0.335 e. The Bertz CT molecular complexity index is 701. The van der Waals surface area contributed by atoms with E-state index in [4.69, 9.17) is 5.11 Å². The van der Waals surface area contributed by atoms with Crippen LogP contribution in [-0.4, -0.2) is 22.7 Å². The number of hydrogen-bond donors (Lipinski definition) is 3. The summed E-state index contributed by atoms with van der Waals surface area (Å²) in [5.74, 6) is -1.04. The van der Waals surface area contributed by atoms with Crippen molar-refractivity contribution in [3.8, 4) is 0 Å². The lowest BCUT2D eigenvalue weighted by Crippen LogP contribution is -2.26. The van der Waals surface area contributed by atoms with Gasteiger partial charge in [-0.2, -0.15) is 12.6 Å². The van der Waals surface area contributed by atoms with Crippen molar-refractivity contribution in [2.75, 3.05) is 11.1 Å². The van der Waals surface area contributed by atoms with E-state index in [1.54, 1.807) is 19.1 Å². The van der Waals surface area contributed by atoms with Crippen LogP contribution >= 0.6 is 12.6 Å². The fourth-order valence-electron chi connectivity index (χ4n) is 2.36. The number of benzene rings is 2. The quantitative estimate of drug-likeness (QED) is 0.712. The molecule has 2 aromatic carbocycles. The highest BCUT2D eigenvalue weighted by atomic mass is 32.1. The number of anilines is 1. The number of hydrogen-bond acceptors (Lipinski definition) is 3. The van der Waals surface area contributed by atoms with E-state index in [-0.39, 0.29) is 17.4 Å². The van der Waals surface area contributed by atoms with Crippen molar-refractivity contribution in [2.24, 2.45) is 5.92 Å². The van der Waals surface area contributed by atoms with Crippen LogP contribution in [-0.2, 0) is 11.2 Å². The molecule has 4 nitrogen and oxygen atoms in total. The third-order valence-electron chi connectivity index (χ3n) is 3.51. The van der Waals surface area contributed by atoms with Crippen LogP contribution in [0.25, 0.3) is 0 Å². The van der Waals surface area contributed by atoms with Gasteiger partial charge in [0.25, 0.3) is 0 Å². The Morgan fingerprint density at radius 1 is 1.17 bits per heavy atom. The Kier molecular flexibility index (Phi) is 5.82. The van der Waals surface area contributed by atoms with Gasteiger partial charge in [-0.05, 0) is 42.7 Å². The molecule has 2 N–H and O–H groups in total. The van der Waals surface area contributed by atoms with Gasteiger partial charge in [0, 0.05) is 11.4 Å². The van der Waals surface area contributed by atoms with Gasteiger partial charge in [0.15, 0.2) is 0 Å². The van der Waals surface area contributed by atoms with E-state index in [9.17, 15) is 9.59 Å². The summed E-state index contributed by atoms with van der Waals surface area (Å²) in [6.07, 6.45) is 0.591. The van der Waals surface area contributed by atoms with Crippen LogP contribution in [0.4, 0.5) is 5.69 Å². The van der Waals surface area contributed by atoms with E-state index in [1.165, 1.54) is 6.07 Å². The topological polar surface area (TPSA) is 66.4 Å². The molecule has 23 heavy (non-hydrogen) atoms. The molecule has 0 aliphatic heterocycles. The van der Waals surface area contributed by atoms with Crippen LogP contribution < -0.4 is 5.32 Å². The van der Waals surface area contributed by atoms with Gasteiger partial charge < -0.3 is 10.4 Å². The zero-order valence-corrected chi connectivity index (χ0v) is 13.7. The van der Waals surface area contributed by atoms with Crippen LogP contribution in [0.15, 0.2) is 48.5 Å². The maximum atomic E-state index is 12.4. The van der Waals surface area contributed by atoms with Gasteiger partial charge in [0.05, 0.1) is 11.5 Å². The zero-order chi connectivity index (χ0) is 16.8. The number of carboxylic acids is 1. The molecule has 0 fully saturated rings. The molecule has 5 heteroatoms. The van der Waals surface area contributed by atoms with Crippen LogP contribution in [0.2, 0.25) is 0 Å². The highest BCUT2D eigenvalue weighted by Gasteiger charge is 2.18. The highest BCUT2D eigenvalue weighted by molar-refractivity contribution is 7.80. The summed E-state index contributed by atoms with van der Waals surface area (Å²) in [6, 6.07) is 14.5. The predicted molar refractivity (Wildman–Crippen MR) is 94.3 cm³/mol. The van der Waals surface area contributed by atoms with Gasteiger partial charge in [-0.1, -0.05) is 30.3 Å². The van der Waals surface area contributed by atoms with Gasteiger partial charge in [-0.25, -0.2) is 4.79 Å². The summed E-state index contributed by atoms with van der Waals surface area (Å²) >= 11 is 4.27. The SMILES string of the molecule is Cc1cc(NC(=O)[C@@H](CS)Cc2ccccc2)cc(C(=O)O)c1. The number of rotatable bonds is 6. The number of nitrogens with one attached hydrogen (secondary N) is 1. The Morgan fingerprint density at radius 3 is 2.48 bits per heavy atom. The number of aromatic carboxylic acids is 1. The summed E-state index contributed by atoms with van der Waals surface area (Å²) in [4.78, 5) is 23.5. The molecule has 0 saturated heterocycles. The first-order chi connectivity index (χ1) is 11.0. The molecule has 0 unspecified atom stereocenters. The molecule has 2 rings (SSSR count). The lowest BCUT2D eigenvalue weighted by Gasteiger charge is -2.15. The predicted octanol–water partition coefficient (Wildman–Crippen LogP) is 3.42. The standard InChI is InChI=1S/C18H19NO3S/c1-12-7-14(18(21)22)10-16(8-12)19-17(20)15(11-23)9-13-5-3-2-4-6-13/h2-8,10,15,23H,9,11H2,1H3,(H,19,20)(H,21,22)/t15-/m1/s1. The third-order valence-corrected chi connectivity index (χ3v) is 3.95. The fraction of sp³-hybridized carbons (Fsp3) is 0.222. The van der Waals surface area contributed by atoms with E-state index in [1.807, 2.05) is 30.3 Å². The molecule has 2 aromatic rings. The first-order valence-corrected chi connectivity index (χ1v) is 7.93. The van der Waals surface area contributed by atoms with Crippen molar-refractivity contribution in [2.45, 2.75) is 13.3 Å². The molecular formula is C18H19NO3S. The summed E-state index contributed by atoms with van der Waals surface area (Å²) < 4.78 is 0. The molecule has 1 atom stereocenters. The molecule has 0 saturated carbocycles. The van der Waals surface area contributed by atoms with Crippen LogP contribution in [0.3, 0.4) is 0 Å². The Morgan fingerprint density at radius 2 is 1.87 bits per heavy atom. The lowest BCUT2D eigenvalue weighted by molar-refractivity contribution is -0.119. The molecule has 0 bridgehead atoms. The van der Waals surface area contributed by atoms with Crippen LogP contribution in [0.1, 0.15) is 21.5 Å². The van der Waals surface area contributed by atoms with Crippen molar-refractivity contribution >= 4 is 30.2 Å². The smallest absolute Gasteiger partial charge is 0.335 e. The number of carboxylic acid groups (broad SMARTS) is 1. The molecular weight excluding hydrogens is 310 g/mol. The number of amides is 1. The van der Waals surface area contributed by atoms with Gasteiger partial charge in [0.2, 0.25) is 5.91 Å². The summed E-state index contributed by atoms with van der Waals surface area (Å²) in [6.45, 7) is 1.79. The van der Waals surface area contributed by atoms with E-state index in [0.717, 1.165) is 11.1 Å². The molecule has 0 spiro atoms. The van der Waals surface area contributed by atoms with Crippen LogP contribution in [0, 0.1) is 12.8 Å². The third kappa shape index (κ3) is 4.86. The van der Waals surface area contributed by atoms with Gasteiger partial charge in [-0.3, -0.25) is 4.79 Å². The summed E-state index contributed by atoms with van der Waals surface area (Å²) in [7, 11) is 0. The van der Waals surface area contributed by atoms with E-state index >= 15 is 0 Å². The fourth-order valence-corrected chi connectivity index (χ4v) is 2.66. The second-order valence-electron chi connectivity index (χ2n) is 5.45. The number of carbonyl (C=O) groups is 2. The van der Waals surface area contributed by atoms with Crippen molar-refractivity contribution in [1.82, 2.24) is 0 Å². The first kappa shape index (κ1) is 17.1. The molecule has 0 radical (unpaired) electrons. The highest BCUT2D eigenvalue weighted by Crippen LogP contribution is 2.18. The van der Waals surface area contributed by atoms with E-state index in [2.05, 4.69) is 17.9 Å². The second kappa shape index (κ2) is 7.83. The number of thiol groups is 1. The number of carbonyl (C=O) groups excluding carboxylic acids is 1. The first-order valence-electron chi connectivity index (χ1n) is 7.30. The number of aryl methyl sites for hydroxylation is 1. The monoisotopic (exact) mass is 329 g/mol. The van der Waals surface area contributed by atoms with Gasteiger partial charge in [-0.15, -0.1) is 0 Å². The van der Waals surface area contributed by atoms with Crippen molar-refractivity contribution < 1.29 is 14.7 Å². The van der Waals surface area contributed by atoms with Crippen LogP contribution in [0.5, 0.6) is 0 Å². The molecule has 0 aliphatic carbocycles. The Labute approximate surface area is 141 Å². The van der Waals surface area contributed by atoms with E-state index < -0.39 is 5.97 Å². The average Bonchev–Trinajstić information content (AvgIpc) is 2.52. The maximum absolute atomic E-state index is 12.4. The Hall–Kier alpha value is -2.27. The van der Waals surface area contributed by atoms with Crippen molar-refractivity contribution in [3.63, 3.8) is 0 Å². The molecule has 0 aliphatic rings. The van der Waals surface area contributed by atoms with Crippen molar-refractivity contribution in [1.29, 1.82) is 0 Å². The molecule has 120 valence electrons. The Balaban J connectivity index is 2.12. The lowest BCUT2D eigenvalue weighted by atomic mass is 10.00. The molecule has 0 aromatic heterocycles. The molecule has 0 heterocycles. The van der Waals surface area contributed by atoms with E-state index in [0.29, 0.717) is 17.9 Å². The minimum Gasteiger partial charge on any atom is -0.478 e. The summed E-state index contributed by atoms with van der Waals surface area (Å²) in [5, 5.41) is 11.9. The minimum absolute atomic E-state index is 0.158. The largest absolute Gasteiger partial charge is 0.478 e. The normalized spacial score (nSPS) is 11.7. The zero-order valence-electron chi connectivity index (χ0n) is 12.8.